The van der Waals surface area contributed by atoms with Crippen molar-refractivity contribution >= 4 is 5.69 Å². The summed E-state index contributed by atoms with van der Waals surface area (Å²) in [6, 6.07) is 10.4. The summed E-state index contributed by atoms with van der Waals surface area (Å²) in [5.74, 6) is 0. The van der Waals surface area contributed by atoms with Gasteiger partial charge in [-0.2, -0.15) is 0 Å². The van der Waals surface area contributed by atoms with Gasteiger partial charge in [0.05, 0.1) is 0 Å². The lowest BCUT2D eigenvalue weighted by molar-refractivity contribution is 0.146. The Morgan fingerprint density at radius 1 is 1.05 bits per heavy atom. The number of hydrogen-bond acceptors (Lipinski definition) is 3. The number of rotatable bonds is 3. The third kappa shape index (κ3) is 3.28. The molecule has 1 aliphatic heterocycles. The van der Waals surface area contributed by atoms with Crippen LogP contribution < -0.4 is 5.73 Å². The fourth-order valence-electron chi connectivity index (χ4n) is 2.89. The molecule has 0 atom stereocenters. The number of nitrogens with two attached hydrogens (primary N) is 1. The van der Waals surface area contributed by atoms with Crippen molar-refractivity contribution in [3.63, 3.8) is 0 Å². The summed E-state index contributed by atoms with van der Waals surface area (Å²) in [6.45, 7) is 7.75. The molecule has 112 valence electrons. The van der Waals surface area contributed by atoms with Gasteiger partial charge in [0.25, 0.3) is 0 Å². The Morgan fingerprint density at radius 2 is 1.71 bits per heavy atom. The molecule has 4 heteroatoms. The molecule has 0 amide bonds. The van der Waals surface area contributed by atoms with Crippen molar-refractivity contribution in [2.45, 2.75) is 13.5 Å². The summed E-state index contributed by atoms with van der Waals surface area (Å²) in [5, 5.41) is 0. The zero-order valence-corrected chi connectivity index (χ0v) is 12.9. The second-order valence-corrected chi connectivity index (χ2v) is 6.05. The number of benzene rings is 1. The van der Waals surface area contributed by atoms with E-state index in [0.29, 0.717) is 0 Å². The molecule has 1 fully saturated rings. The lowest BCUT2D eigenvalue weighted by Crippen LogP contribution is -2.44. The van der Waals surface area contributed by atoms with E-state index >= 15 is 0 Å². The van der Waals surface area contributed by atoms with Crippen LogP contribution in [0.25, 0.3) is 5.69 Å². The zero-order valence-electron chi connectivity index (χ0n) is 12.9. The van der Waals surface area contributed by atoms with E-state index in [-0.39, 0.29) is 0 Å². The van der Waals surface area contributed by atoms with Crippen LogP contribution in [0.3, 0.4) is 0 Å². The van der Waals surface area contributed by atoms with E-state index in [9.17, 15) is 0 Å². The number of likely N-dealkylation sites (N-methyl/N-ethyl adjacent to an activating group) is 1. The number of nitrogens with zero attached hydrogens (tertiary/aromatic N) is 3. The Kier molecular flexibility index (Phi) is 3.99. The van der Waals surface area contributed by atoms with Crippen LogP contribution in [0, 0.1) is 6.92 Å². The zero-order chi connectivity index (χ0) is 14.8. The van der Waals surface area contributed by atoms with Gasteiger partial charge in [-0.1, -0.05) is 0 Å². The van der Waals surface area contributed by atoms with Gasteiger partial charge in [-0.05, 0) is 49.9 Å². The Hall–Kier alpha value is -1.78. The number of nitrogen functional groups attached to an aromatic ring is 1. The largest absolute Gasteiger partial charge is 0.399 e. The average Bonchev–Trinajstić information content (AvgIpc) is 2.83. The quantitative estimate of drug-likeness (QED) is 0.877. The highest BCUT2D eigenvalue weighted by Gasteiger charge is 2.16. The summed E-state index contributed by atoms with van der Waals surface area (Å²) < 4.78 is 2.28. The maximum atomic E-state index is 5.79. The number of aryl methyl sites for hydroxylation is 1. The summed E-state index contributed by atoms with van der Waals surface area (Å²) in [5.41, 5.74) is 10.4. The normalized spacial score (nSPS) is 17.2. The van der Waals surface area contributed by atoms with Crippen molar-refractivity contribution in [1.29, 1.82) is 0 Å². The van der Waals surface area contributed by atoms with Crippen LogP contribution in [0.4, 0.5) is 5.69 Å². The van der Waals surface area contributed by atoms with Crippen LogP contribution in [0.5, 0.6) is 0 Å². The third-order valence-corrected chi connectivity index (χ3v) is 4.19. The minimum Gasteiger partial charge on any atom is -0.399 e. The van der Waals surface area contributed by atoms with Crippen molar-refractivity contribution in [3.05, 3.63) is 47.8 Å². The first kappa shape index (κ1) is 14.2. The van der Waals surface area contributed by atoms with E-state index in [1.54, 1.807) is 0 Å². The molecular formula is C17H24N4. The summed E-state index contributed by atoms with van der Waals surface area (Å²) in [7, 11) is 2.19. The lowest BCUT2D eigenvalue weighted by Gasteiger charge is -2.32. The van der Waals surface area contributed by atoms with Crippen molar-refractivity contribution < 1.29 is 0 Å². The first-order valence-corrected chi connectivity index (χ1v) is 7.56. The number of aromatic nitrogens is 1. The van der Waals surface area contributed by atoms with Gasteiger partial charge in [0, 0.05) is 56.0 Å². The molecule has 1 aliphatic rings. The van der Waals surface area contributed by atoms with Crippen LogP contribution in [0.2, 0.25) is 0 Å². The monoisotopic (exact) mass is 284 g/mol. The van der Waals surface area contributed by atoms with Gasteiger partial charge in [-0.15, -0.1) is 0 Å². The summed E-state index contributed by atoms with van der Waals surface area (Å²) >= 11 is 0. The van der Waals surface area contributed by atoms with Crippen molar-refractivity contribution in [2.75, 3.05) is 39.0 Å². The van der Waals surface area contributed by atoms with Gasteiger partial charge >= 0.3 is 0 Å². The lowest BCUT2D eigenvalue weighted by atomic mass is 10.2. The molecule has 0 radical (unpaired) electrons. The Bertz CT molecular complexity index is 592. The van der Waals surface area contributed by atoms with Gasteiger partial charge < -0.3 is 15.2 Å². The fourth-order valence-corrected chi connectivity index (χ4v) is 2.89. The number of anilines is 1. The molecule has 21 heavy (non-hydrogen) atoms. The minimum absolute atomic E-state index is 0.809. The molecule has 3 rings (SSSR count). The first-order valence-electron chi connectivity index (χ1n) is 7.56. The van der Waals surface area contributed by atoms with Crippen molar-refractivity contribution in [3.8, 4) is 5.69 Å². The molecule has 1 aromatic carbocycles. The standard InChI is InChI=1S/C17H24N4/c1-14-11-17(13-20-9-7-19(2)8-10-20)21(12-14)16-5-3-15(18)4-6-16/h3-6,11-12H,7-10,13,18H2,1-2H3. The van der Waals surface area contributed by atoms with Crippen LogP contribution in [-0.2, 0) is 6.54 Å². The maximum Gasteiger partial charge on any atom is 0.0454 e. The second-order valence-electron chi connectivity index (χ2n) is 6.05. The topological polar surface area (TPSA) is 37.4 Å². The molecule has 1 aromatic heterocycles. The van der Waals surface area contributed by atoms with Gasteiger partial charge in [-0.3, -0.25) is 4.90 Å². The fraction of sp³-hybridized carbons (Fsp3) is 0.412. The summed E-state index contributed by atoms with van der Waals surface area (Å²) in [6.07, 6.45) is 2.21. The molecule has 0 bridgehead atoms. The third-order valence-electron chi connectivity index (χ3n) is 4.19. The Labute approximate surface area is 126 Å². The molecule has 2 N–H and O–H groups in total. The highest BCUT2D eigenvalue weighted by atomic mass is 15.2. The molecule has 4 nitrogen and oxygen atoms in total. The van der Waals surface area contributed by atoms with Gasteiger partial charge in [0.2, 0.25) is 0 Å². The van der Waals surface area contributed by atoms with Crippen molar-refractivity contribution in [2.24, 2.45) is 0 Å². The predicted molar refractivity (Wildman–Crippen MR) is 87.7 cm³/mol. The molecule has 0 spiro atoms. The van der Waals surface area contributed by atoms with Crippen LogP contribution in [0.1, 0.15) is 11.3 Å². The van der Waals surface area contributed by atoms with E-state index in [1.165, 1.54) is 16.9 Å². The van der Waals surface area contributed by atoms with Gasteiger partial charge in [0.1, 0.15) is 0 Å². The molecule has 2 heterocycles. The van der Waals surface area contributed by atoms with Gasteiger partial charge in [0.15, 0.2) is 0 Å². The number of piperazine rings is 1. The summed E-state index contributed by atoms with van der Waals surface area (Å²) in [4.78, 5) is 4.92. The Balaban J connectivity index is 1.81. The van der Waals surface area contributed by atoms with Crippen LogP contribution in [-0.4, -0.2) is 47.6 Å². The van der Waals surface area contributed by atoms with E-state index in [0.717, 1.165) is 38.4 Å². The smallest absolute Gasteiger partial charge is 0.0454 e. The highest BCUT2D eigenvalue weighted by Crippen LogP contribution is 2.19. The van der Waals surface area contributed by atoms with E-state index in [4.69, 9.17) is 5.73 Å². The Morgan fingerprint density at radius 3 is 2.38 bits per heavy atom. The molecule has 2 aromatic rings. The number of hydrogen-bond donors (Lipinski definition) is 1. The first-order chi connectivity index (χ1) is 10.1. The highest BCUT2D eigenvalue weighted by molar-refractivity contribution is 5.46. The molecule has 0 aliphatic carbocycles. The molecule has 0 saturated carbocycles. The van der Waals surface area contributed by atoms with E-state index in [2.05, 4.69) is 52.7 Å². The van der Waals surface area contributed by atoms with Crippen LogP contribution in [0.15, 0.2) is 36.5 Å². The minimum atomic E-state index is 0.809. The van der Waals surface area contributed by atoms with E-state index in [1.807, 2.05) is 12.1 Å². The predicted octanol–water partition coefficient (Wildman–Crippen LogP) is 2.12. The molecule has 1 saturated heterocycles. The van der Waals surface area contributed by atoms with Crippen molar-refractivity contribution in [1.82, 2.24) is 14.4 Å². The average molecular weight is 284 g/mol. The molecule has 0 unspecified atom stereocenters. The molecular weight excluding hydrogens is 260 g/mol. The maximum absolute atomic E-state index is 5.79. The van der Waals surface area contributed by atoms with Gasteiger partial charge in [-0.25, -0.2) is 0 Å². The van der Waals surface area contributed by atoms with E-state index < -0.39 is 0 Å². The second kappa shape index (κ2) is 5.92. The SMILES string of the molecule is Cc1cc(CN2CCN(C)CC2)n(-c2ccc(N)cc2)c1. The van der Waals surface area contributed by atoms with Crippen LogP contribution >= 0.6 is 0 Å².